The van der Waals surface area contributed by atoms with Crippen molar-refractivity contribution in [2.24, 2.45) is 7.05 Å². The molecule has 0 spiro atoms. The fourth-order valence-electron chi connectivity index (χ4n) is 2.72. The van der Waals surface area contributed by atoms with Gasteiger partial charge in [-0.3, -0.25) is 9.89 Å². The summed E-state index contributed by atoms with van der Waals surface area (Å²) in [5, 5.41) is 9.62. The summed E-state index contributed by atoms with van der Waals surface area (Å²) in [6, 6.07) is 5.49. The number of hydrogen-bond donors (Lipinski definition) is 2. The van der Waals surface area contributed by atoms with Gasteiger partial charge in [0.05, 0.1) is 24.7 Å². The molecule has 1 amide bonds. The van der Waals surface area contributed by atoms with Crippen molar-refractivity contribution in [3.8, 4) is 11.4 Å². The summed E-state index contributed by atoms with van der Waals surface area (Å²) in [4.78, 5) is 12.3. The maximum absolute atomic E-state index is 12.3. The molecule has 0 aliphatic carbocycles. The molecular weight excluding hydrogens is 346 g/mol. The summed E-state index contributed by atoms with van der Waals surface area (Å²) in [7, 11) is -1.35. The third-order valence-corrected chi connectivity index (χ3v) is 5.36. The number of nitrogens with zero attached hydrogens (tertiary/aromatic N) is 3. The van der Waals surface area contributed by atoms with Gasteiger partial charge in [0.15, 0.2) is 0 Å². The first-order chi connectivity index (χ1) is 11.8. The number of nitrogens with one attached hydrogen (secondary N) is 2. The van der Waals surface area contributed by atoms with Gasteiger partial charge in [-0.1, -0.05) is 0 Å². The van der Waals surface area contributed by atoms with Gasteiger partial charge in [-0.25, -0.2) is 8.42 Å². The third-order valence-electron chi connectivity index (χ3n) is 4.09. The van der Waals surface area contributed by atoms with E-state index in [1.54, 1.807) is 6.07 Å². The summed E-state index contributed by atoms with van der Waals surface area (Å²) in [6.45, 7) is 1.11. The smallest absolute Gasteiger partial charge is 0.269 e. The zero-order valence-electron chi connectivity index (χ0n) is 14.1. The van der Waals surface area contributed by atoms with E-state index in [0.717, 1.165) is 5.69 Å². The quantitative estimate of drug-likeness (QED) is 0.761. The number of hydrogen-bond acceptors (Lipinski definition) is 5. The van der Waals surface area contributed by atoms with Crippen LogP contribution in [-0.2, 0) is 21.8 Å². The molecule has 2 aromatic rings. The van der Waals surface area contributed by atoms with Crippen LogP contribution < -0.4 is 5.32 Å². The molecule has 1 fully saturated rings. The lowest BCUT2D eigenvalue weighted by molar-refractivity contribution is 0.000412. The van der Waals surface area contributed by atoms with Crippen LogP contribution in [0.25, 0.3) is 11.4 Å². The zero-order chi connectivity index (χ0) is 18.0. The summed E-state index contributed by atoms with van der Waals surface area (Å²) < 4.78 is 32.0. The molecule has 0 aromatic carbocycles. The predicted octanol–water partition coefficient (Wildman–Crippen LogP) is -0.195. The summed E-state index contributed by atoms with van der Waals surface area (Å²) in [6.07, 6.45) is 2.70. The maximum atomic E-state index is 12.3. The Morgan fingerprint density at radius 3 is 3.00 bits per heavy atom. The van der Waals surface area contributed by atoms with Crippen LogP contribution in [-0.4, -0.2) is 72.0 Å². The normalized spacial score (nSPS) is 19.0. The maximum Gasteiger partial charge on any atom is 0.269 e. The largest absolute Gasteiger partial charge is 0.374 e. The van der Waals surface area contributed by atoms with E-state index in [2.05, 4.69) is 15.5 Å². The van der Waals surface area contributed by atoms with E-state index in [4.69, 9.17) is 4.74 Å². The Bertz CT molecular complexity index is 857. The van der Waals surface area contributed by atoms with E-state index in [-0.39, 0.29) is 25.1 Å². The van der Waals surface area contributed by atoms with E-state index < -0.39 is 10.0 Å². The van der Waals surface area contributed by atoms with E-state index >= 15 is 0 Å². The van der Waals surface area contributed by atoms with Gasteiger partial charge in [0.2, 0.25) is 10.0 Å². The molecule has 0 radical (unpaired) electrons. The number of amides is 1. The van der Waals surface area contributed by atoms with Crippen molar-refractivity contribution in [2.45, 2.75) is 6.10 Å². The van der Waals surface area contributed by atoms with Crippen LogP contribution in [0.15, 0.2) is 24.4 Å². The Kier molecular flexibility index (Phi) is 4.93. The minimum absolute atomic E-state index is 0.226. The minimum atomic E-state index is -3.25. The van der Waals surface area contributed by atoms with Crippen molar-refractivity contribution in [2.75, 3.05) is 32.5 Å². The van der Waals surface area contributed by atoms with Gasteiger partial charge < -0.3 is 14.6 Å². The van der Waals surface area contributed by atoms with Crippen molar-refractivity contribution in [3.63, 3.8) is 0 Å². The molecule has 3 rings (SSSR count). The van der Waals surface area contributed by atoms with Crippen LogP contribution in [0.2, 0.25) is 0 Å². The number of aromatic amines is 1. The highest BCUT2D eigenvalue weighted by Gasteiger charge is 2.27. The molecule has 136 valence electrons. The lowest BCUT2D eigenvalue weighted by atomic mass is 10.2. The first kappa shape index (κ1) is 17.6. The van der Waals surface area contributed by atoms with Gasteiger partial charge in [-0.15, -0.1) is 0 Å². The Morgan fingerprint density at radius 2 is 2.32 bits per heavy atom. The topological polar surface area (TPSA) is 109 Å². The van der Waals surface area contributed by atoms with Crippen LogP contribution in [0.1, 0.15) is 10.5 Å². The average molecular weight is 367 g/mol. The average Bonchev–Trinajstić information content (AvgIpc) is 3.20. The Hall–Kier alpha value is -2.17. The fourth-order valence-corrected chi connectivity index (χ4v) is 3.56. The highest BCUT2D eigenvalue weighted by molar-refractivity contribution is 7.88. The third kappa shape index (κ3) is 4.09. The van der Waals surface area contributed by atoms with Crippen molar-refractivity contribution in [3.05, 3.63) is 30.1 Å². The number of ether oxygens (including phenoxy) is 1. The van der Waals surface area contributed by atoms with Crippen molar-refractivity contribution < 1.29 is 17.9 Å². The molecule has 0 bridgehead atoms. The first-order valence-corrected chi connectivity index (χ1v) is 9.71. The van der Waals surface area contributed by atoms with Crippen LogP contribution in [0.3, 0.4) is 0 Å². The van der Waals surface area contributed by atoms with Gasteiger partial charge in [0, 0.05) is 32.9 Å². The Labute approximate surface area is 146 Å². The van der Waals surface area contributed by atoms with Gasteiger partial charge in [-0.05, 0) is 18.2 Å². The monoisotopic (exact) mass is 367 g/mol. The summed E-state index contributed by atoms with van der Waals surface area (Å²) in [5.74, 6) is -0.312. The van der Waals surface area contributed by atoms with E-state index in [1.165, 1.54) is 10.6 Å². The molecule has 25 heavy (non-hydrogen) atoms. The van der Waals surface area contributed by atoms with Gasteiger partial charge >= 0.3 is 0 Å². The molecule has 3 heterocycles. The van der Waals surface area contributed by atoms with Crippen molar-refractivity contribution in [1.82, 2.24) is 24.4 Å². The van der Waals surface area contributed by atoms with Crippen LogP contribution in [0.4, 0.5) is 0 Å². The molecule has 9 nitrogen and oxygen atoms in total. The molecule has 1 aliphatic heterocycles. The number of sulfonamides is 1. The lowest BCUT2D eigenvalue weighted by Crippen LogP contribution is -2.49. The lowest BCUT2D eigenvalue weighted by Gasteiger charge is -2.31. The number of aryl methyl sites for hydroxylation is 1. The molecule has 1 saturated heterocycles. The Balaban J connectivity index is 1.58. The van der Waals surface area contributed by atoms with Crippen LogP contribution in [0.5, 0.6) is 0 Å². The molecule has 2 aromatic heterocycles. The highest BCUT2D eigenvalue weighted by atomic mass is 32.2. The van der Waals surface area contributed by atoms with Crippen LogP contribution >= 0.6 is 0 Å². The minimum Gasteiger partial charge on any atom is -0.374 e. The fraction of sp³-hybridized carbons (Fsp3) is 0.467. The van der Waals surface area contributed by atoms with E-state index in [9.17, 15) is 13.2 Å². The second-order valence-electron chi connectivity index (χ2n) is 6.00. The number of H-pyrrole nitrogens is 1. The summed E-state index contributed by atoms with van der Waals surface area (Å²) >= 11 is 0. The number of rotatable bonds is 5. The predicted molar refractivity (Wildman–Crippen MR) is 91.5 cm³/mol. The second kappa shape index (κ2) is 6.98. The van der Waals surface area contributed by atoms with Gasteiger partial charge in [0.25, 0.3) is 5.91 Å². The van der Waals surface area contributed by atoms with Crippen molar-refractivity contribution in [1.29, 1.82) is 0 Å². The van der Waals surface area contributed by atoms with Gasteiger partial charge in [-0.2, -0.15) is 9.40 Å². The molecule has 10 heteroatoms. The number of morpholine rings is 1. The first-order valence-electron chi connectivity index (χ1n) is 7.86. The highest BCUT2D eigenvalue weighted by Crippen LogP contribution is 2.17. The van der Waals surface area contributed by atoms with Crippen molar-refractivity contribution >= 4 is 15.9 Å². The zero-order valence-corrected chi connectivity index (χ0v) is 14.9. The molecule has 0 saturated carbocycles. The SMILES string of the molecule is Cn1cccc1-c1cc(C(=O)NC[C@H]2CN(S(C)(=O)=O)CCO2)[nH]n1. The standard InChI is InChI=1S/C15H21N5O4S/c1-19-5-3-4-14(19)12-8-13(18-17-12)15(21)16-9-11-10-20(6-7-24-11)25(2,22)23/h3-5,8,11H,6-7,9-10H2,1-2H3,(H,16,21)(H,17,18)/t11-/m0/s1. The number of carbonyl (C=O) groups is 1. The van der Waals surface area contributed by atoms with E-state index in [0.29, 0.717) is 24.5 Å². The van der Waals surface area contributed by atoms with E-state index in [1.807, 2.05) is 29.9 Å². The van der Waals surface area contributed by atoms with Crippen LogP contribution in [0, 0.1) is 0 Å². The number of carbonyl (C=O) groups excluding carboxylic acids is 1. The Morgan fingerprint density at radius 1 is 1.52 bits per heavy atom. The molecular formula is C15H21N5O4S. The number of aromatic nitrogens is 3. The van der Waals surface area contributed by atoms with Gasteiger partial charge in [0.1, 0.15) is 11.4 Å². The second-order valence-corrected chi connectivity index (χ2v) is 7.98. The summed E-state index contributed by atoms with van der Waals surface area (Å²) in [5.41, 5.74) is 1.91. The molecule has 2 N–H and O–H groups in total. The molecule has 1 atom stereocenters. The molecule has 1 aliphatic rings. The molecule has 0 unspecified atom stereocenters.